The molecule has 100 valence electrons. The van der Waals surface area contributed by atoms with Gasteiger partial charge in [-0.1, -0.05) is 37.1 Å². The number of nitrogens with one attached hydrogen (secondary N) is 1. The van der Waals surface area contributed by atoms with Crippen molar-refractivity contribution in [2.24, 2.45) is 5.92 Å². The summed E-state index contributed by atoms with van der Waals surface area (Å²) >= 11 is 5.77. The zero-order chi connectivity index (χ0) is 13.0. The zero-order valence-electron chi connectivity index (χ0n) is 10.9. The lowest BCUT2D eigenvalue weighted by molar-refractivity contribution is 0.284. The van der Waals surface area contributed by atoms with Crippen LogP contribution in [0.15, 0.2) is 18.2 Å². The summed E-state index contributed by atoms with van der Waals surface area (Å²) in [6.07, 6.45) is 6.30. The molecule has 1 fully saturated rings. The summed E-state index contributed by atoms with van der Waals surface area (Å²) in [6.45, 7) is 2.84. The van der Waals surface area contributed by atoms with Crippen molar-refractivity contribution in [3.8, 4) is 0 Å². The van der Waals surface area contributed by atoms with Crippen molar-refractivity contribution in [3.63, 3.8) is 0 Å². The average Bonchev–Trinajstić information content (AvgIpc) is 2.41. The van der Waals surface area contributed by atoms with Gasteiger partial charge in [0.1, 0.15) is 5.82 Å². The summed E-state index contributed by atoms with van der Waals surface area (Å²) in [5.41, 5.74) is 0.667. The van der Waals surface area contributed by atoms with Gasteiger partial charge in [0.05, 0.1) is 5.02 Å². The fourth-order valence-electron chi connectivity index (χ4n) is 2.71. The molecule has 0 aromatic heterocycles. The van der Waals surface area contributed by atoms with Crippen LogP contribution < -0.4 is 5.32 Å². The second kappa shape index (κ2) is 6.53. The Morgan fingerprint density at radius 1 is 1.28 bits per heavy atom. The Morgan fingerprint density at radius 2 is 2.00 bits per heavy atom. The van der Waals surface area contributed by atoms with Crippen molar-refractivity contribution in [3.05, 3.63) is 34.6 Å². The predicted molar refractivity (Wildman–Crippen MR) is 74.3 cm³/mol. The van der Waals surface area contributed by atoms with Gasteiger partial charge in [-0.15, -0.1) is 0 Å². The first-order chi connectivity index (χ1) is 8.70. The number of rotatable bonds is 4. The largest absolute Gasteiger partial charge is 0.310 e. The average molecular weight is 270 g/mol. The van der Waals surface area contributed by atoms with Gasteiger partial charge in [0.25, 0.3) is 0 Å². The Hall–Kier alpha value is -0.600. The highest BCUT2D eigenvalue weighted by atomic mass is 35.5. The summed E-state index contributed by atoms with van der Waals surface area (Å²) in [6, 6.07) is 5.72. The lowest BCUT2D eigenvalue weighted by Gasteiger charge is -2.28. The molecule has 1 aliphatic rings. The van der Waals surface area contributed by atoms with Crippen molar-refractivity contribution < 1.29 is 4.39 Å². The first-order valence-corrected chi connectivity index (χ1v) is 7.24. The predicted octanol–water partition coefficient (Wildman–Crippen LogP) is 4.54. The monoisotopic (exact) mass is 269 g/mol. The summed E-state index contributed by atoms with van der Waals surface area (Å²) in [4.78, 5) is 0. The molecule has 0 heterocycles. The van der Waals surface area contributed by atoms with E-state index in [0.29, 0.717) is 18.2 Å². The Morgan fingerprint density at radius 3 is 2.67 bits per heavy atom. The number of hydrogen-bond donors (Lipinski definition) is 1. The minimum absolute atomic E-state index is 0.212. The molecule has 0 spiro atoms. The van der Waals surface area contributed by atoms with Crippen LogP contribution in [-0.2, 0) is 6.54 Å². The van der Waals surface area contributed by atoms with Gasteiger partial charge in [-0.05, 0) is 37.7 Å². The van der Waals surface area contributed by atoms with E-state index >= 15 is 0 Å². The van der Waals surface area contributed by atoms with Crippen molar-refractivity contribution in [2.45, 2.75) is 51.6 Å². The van der Waals surface area contributed by atoms with Gasteiger partial charge in [0, 0.05) is 18.2 Å². The van der Waals surface area contributed by atoms with E-state index in [9.17, 15) is 4.39 Å². The van der Waals surface area contributed by atoms with Gasteiger partial charge < -0.3 is 5.32 Å². The van der Waals surface area contributed by atoms with E-state index in [1.165, 1.54) is 32.1 Å². The fourth-order valence-corrected chi connectivity index (χ4v) is 2.91. The topological polar surface area (TPSA) is 12.0 Å². The molecule has 0 atom stereocenters. The zero-order valence-corrected chi connectivity index (χ0v) is 11.6. The standard InChI is InChI=1S/C15H21ClFN/c1-2-11-6-8-13(9-7-11)18-10-12-4-3-5-14(16)15(12)17/h3-5,11,13,18H,2,6-10H2,1H3. The minimum atomic E-state index is -0.283. The lowest BCUT2D eigenvalue weighted by Crippen LogP contribution is -2.32. The Kier molecular flexibility index (Phi) is 5.02. The minimum Gasteiger partial charge on any atom is -0.310 e. The van der Waals surface area contributed by atoms with Crippen LogP contribution in [0.25, 0.3) is 0 Å². The van der Waals surface area contributed by atoms with Gasteiger partial charge in [0.15, 0.2) is 0 Å². The van der Waals surface area contributed by atoms with Gasteiger partial charge in [-0.25, -0.2) is 4.39 Å². The maximum absolute atomic E-state index is 13.7. The Labute approximate surface area is 114 Å². The van der Waals surface area contributed by atoms with E-state index < -0.39 is 0 Å². The van der Waals surface area contributed by atoms with E-state index in [-0.39, 0.29) is 10.8 Å². The third-order valence-corrected chi connectivity index (χ3v) is 4.33. The molecule has 1 aromatic rings. The third kappa shape index (κ3) is 3.46. The van der Waals surface area contributed by atoms with Crippen LogP contribution in [0.2, 0.25) is 5.02 Å². The van der Waals surface area contributed by atoms with Crippen molar-refractivity contribution in [2.75, 3.05) is 0 Å². The maximum Gasteiger partial charge on any atom is 0.146 e. The molecule has 0 aliphatic heterocycles. The van der Waals surface area contributed by atoms with Crippen LogP contribution in [0, 0.1) is 11.7 Å². The molecule has 18 heavy (non-hydrogen) atoms. The SMILES string of the molecule is CCC1CCC(NCc2cccc(Cl)c2F)CC1. The second-order valence-electron chi connectivity index (χ2n) is 5.22. The summed E-state index contributed by atoms with van der Waals surface area (Å²) in [5, 5.41) is 3.66. The first-order valence-electron chi connectivity index (χ1n) is 6.87. The second-order valence-corrected chi connectivity index (χ2v) is 5.63. The van der Waals surface area contributed by atoms with E-state index in [1.54, 1.807) is 18.2 Å². The molecule has 0 saturated heterocycles. The van der Waals surface area contributed by atoms with Crippen molar-refractivity contribution in [1.29, 1.82) is 0 Å². The highest BCUT2D eigenvalue weighted by Crippen LogP contribution is 2.27. The van der Waals surface area contributed by atoms with Crippen LogP contribution in [0.1, 0.15) is 44.6 Å². The molecule has 3 heteroatoms. The van der Waals surface area contributed by atoms with E-state index in [1.807, 2.05) is 0 Å². The van der Waals surface area contributed by atoms with Gasteiger partial charge in [-0.2, -0.15) is 0 Å². The Balaban J connectivity index is 1.83. The van der Waals surface area contributed by atoms with Crippen molar-refractivity contribution in [1.82, 2.24) is 5.32 Å². The molecule has 2 rings (SSSR count). The van der Waals surface area contributed by atoms with Gasteiger partial charge in [0.2, 0.25) is 0 Å². The highest BCUT2D eigenvalue weighted by molar-refractivity contribution is 6.30. The quantitative estimate of drug-likeness (QED) is 0.846. The smallest absolute Gasteiger partial charge is 0.146 e. The summed E-state index contributed by atoms with van der Waals surface area (Å²) < 4.78 is 13.7. The third-order valence-electron chi connectivity index (χ3n) is 4.04. The molecular weight excluding hydrogens is 249 g/mol. The molecule has 0 bridgehead atoms. The van der Waals surface area contributed by atoms with Crippen LogP contribution in [0.5, 0.6) is 0 Å². The molecule has 1 saturated carbocycles. The number of halogens is 2. The van der Waals surface area contributed by atoms with Crippen LogP contribution >= 0.6 is 11.6 Å². The summed E-state index contributed by atoms with van der Waals surface area (Å²) in [5.74, 6) is 0.611. The molecule has 0 unspecified atom stereocenters. The summed E-state index contributed by atoms with van der Waals surface area (Å²) in [7, 11) is 0. The van der Waals surface area contributed by atoms with Gasteiger partial charge >= 0.3 is 0 Å². The highest BCUT2D eigenvalue weighted by Gasteiger charge is 2.19. The number of benzene rings is 1. The molecular formula is C15H21ClFN. The van der Waals surface area contributed by atoms with E-state index in [4.69, 9.17) is 11.6 Å². The molecule has 1 nitrogen and oxygen atoms in total. The number of hydrogen-bond acceptors (Lipinski definition) is 1. The molecule has 1 aliphatic carbocycles. The van der Waals surface area contributed by atoms with E-state index in [0.717, 1.165) is 5.92 Å². The molecule has 1 N–H and O–H groups in total. The Bertz CT molecular complexity index is 386. The first kappa shape index (κ1) is 13.8. The maximum atomic E-state index is 13.7. The lowest BCUT2D eigenvalue weighted by atomic mass is 9.84. The van der Waals surface area contributed by atoms with Crippen molar-refractivity contribution >= 4 is 11.6 Å². The molecule has 0 amide bonds. The molecule has 0 radical (unpaired) electrons. The molecule has 1 aromatic carbocycles. The fraction of sp³-hybridized carbons (Fsp3) is 0.600. The van der Waals surface area contributed by atoms with Crippen LogP contribution in [-0.4, -0.2) is 6.04 Å². The van der Waals surface area contributed by atoms with E-state index in [2.05, 4.69) is 12.2 Å². The van der Waals surface area contributed by atoms with Crippen LogP contribution in [0.4, 0.5) is 4.39 Å². The normalized spacial score (nSPS) is 24.2. The van der Waals surface area contributed by atoms with Gasteiger partial charge in [-0.3, -0.25) is 0 Å². The van der Waals surface area contributed by atoms with Crippen LogP contribution in [0.3, 0.4) is 0 Å².